The number of allylic oxidation sites excluding steroid dienone is 1. The van der Waals surface area contributed by atoms with Gasteiger partial charge in [0.05, 0.1) is 16.9 Å². The summed E-state index contributed by atoms with van der Waals surface area (Å²) < 4.78 is 0. The molecule has 5 nitrogen and oxygen atoms in total. The second-order valence-electron chi connectivity index (χ2n) is 7.74. The molecule has 5 heteroatoms. The Morgan fingerprint density at radius 1 is 1.14 bits per heavy atom. The van der Waals surface area contributed by atoms with Gasteiger partial charge < -0.3 is 15.2 Å². The summed E-state index contributed by atoms with van der Waals surface area (Å²) in [7, 11) is 4.09. The molecular formula is C24H26N4O. The van der Waals surface area contributed by atoms with Crippen LogP contribution in [0.1, 0.15) is 22.5 Å². The number of aromatic amines is 1. The Bertz CT molecular complexity index is 1010. The fourth-order valence-electron chi connectivity index (χ4n) is 3.81. The Morgan fingerprint density at radius 2 is 1.90 bits per heavy atom. The molecule has 3 aromatic rings. The SMILES string of the molecule is CN(C)C/C=C\C1CC(=O)c2c([nH]c(-c3ccncc3)c2Nc2ccccc2)C1. The third-order valence-corrected chi connectivity index (χ3v) is 5.16. The molecule has 0 aliphatic heterocycles. The summed E-state index contributed by atoms with van der Waals surface area (Å²) in [5, 5.41) is 3.49. The van der Waals surface area contributed by atoms with Gasteiger partial charge in [0, 0.05) is 42.3 Å². The van der Waals surface area contributed by atoms with E-state index in [0.717, 1.165) is 46.9 Å². The second kappa shape index (κ2) is 8.45. The molecular weight excluding hydrogens is 360 g/mol. The summed E-state index contributed by atoms with van der Waals surface area (Å²) in [6.45, 7) is 0.880. The number of benzene rings is 1. The number of likely N-dealkylation sites (N-methyl/N-ethyl adjacent to an activating group) is 1. The number of ketones is 1. The van der Waals surface area contributed by atoms with Crippen molar-refractivity contribution in [2.24, 2.45) is 5.92 Å². The van der Waals surface area contributed by atoms with Crippen LogP contribution in [0.5, 0.6) is 0 Å². The van der Waals surface area contributed by atoms with Gasteiger partial charge in [0.25, 0.3) is 0 Å². The number of aromatic nitrogens is 2. The molecule has 148 valence electrons. The first-order valence-electron chi connectivity index (χ1n) is 9.93. The van der Waals surface area contributed by atoms with Crippen LogP contribution in [0.25, 0.3) is 11.3 Å². The van der Waals surface area contributed by atoms with E-state index in [1.807, 2.05) is 56.6 Å². The van der Waals surface area contributed by atoms with Crippen LogP contribution in [-0.4, -0.2) is 41.3 Å². The molecule has 0 spiro atoms. The van der Waals surface area contributed by atoms with E-state index in [2.05, 4.69) is 32.3 Å². The van der Waals surface area contributed by atoms with Crippen molar-refractivity contribution in [3.63, 3.8) is 0 Å². The lowest BCUT2D eigenvalue weighted by molar-refractivity contribution is 0.0959. The van der Waals surface area contributed by atoms with Crippen molar-refractivity contribution in [3.05, 3.63) is 78.3 Å². The lowest BCUT2D eigenvalue weighted by Crippen LogP contribution is -2.19. The molecule has 1 aliphatic rings. The number of hydrogen-bond donors (Lipinski definition) is 2. The maximum Gasteiger partial charge on any atom is 0.167 e. The minimum absolute atomic E-state index is 0.181. The highest BCUT2D eigenvalue weighted by molar-refractivity contribution is 6.07. The summed E-state index contributed by atoms with van der Waals surface area (Å²) in [6.07, 6.45) is 9.25. The van der Waals surface area contributed by atoms with Crippen molar-refractivity contribution in [2.75, 3.05) is 26.0 Å². The van der Waals surface area contributed by atoms with Gasteiger partial charge in [-0.2, -0.15) is 0 Å². The van der Waals surface area contributed by atoms with Crippen LogP contribution in [0.4, 0.5) is 11.4 Å². The molecule has 1 aliphatic carbocycles. The Hall–Kier alpha value is -3.18. The van der Waals surface area contributed by atoms with Crippen molar-refractivity contribution in [1.29, 1.82) is 0 Å². The molecule has 1 atom stereocenters. The fourth-order valence-corrected chi connectivity index (χ4v) is 3.81. The number of anilines is 2. The highest BCUT2D eigenvalue weighted by Crippen LogP contribution is 2.40. The van der Waals surface area contributed by atoms with Crippen LogP contribution >= 0.6 is 0 Å². The van der Waals surface area contributed by atoms with E-state index in [4.69, 9.17) is 0 Å². The molecule has 0 amide bonds. The maximum absolute atomic E-state index is 13.1. The van der Waals surface area contributed by atoms with Crippen LogP contribution in [0.3, 0.4) is 0 Å². The Labute approximate surface area is 171 Å². The van der Waals surface area contributed by atoms with Crippen molar-refractivity contribution in [2.45, 2.75) is 12.8 Å². The van der Waals surface area contributed by atoms with Gasteiger partial charge in [-0.05, 0) is 50.7 Å². The number of H-pyrrole nitrogens is 1. The van der Waals surface area contributed by atoms with Gasteiger partial charge in [0.1, 0.15) is 0 Å². The second-order valence-corrected chi connectivity index (χ2v) is 7.74. The third kappa shape index (κ3) is 4.30. The molecule has 1 unspecified atom stereocenters. The van der Waals surface area contributed by atoms with Gasteiger partial charge in [-0.25, -0.2) is 0 Å². The molecule has 2 heterocycles. The van der Waals surface area contributed by atoms with Crippen molar-refractivity contribution in [3.8, 4) is 11.3 Å². The summed E-state index contributed by atoms with van der Waals surface area (Å²) >= 11 is 0. The van der Waals surface area contributed by atoms with E-state index in [-0.39, 0.29) is 11.7 Å². The summed E-state index contributed by atoms with van der Waals surface area (Å²) in [6, 6.07) is 13.9. The molecule has 1 aromatic carbocycles. The quantitative estimate of drug-likeness (QED) is 0.604. The minimum Gasteiger partial charge on any atom is -0.356 e. The number of carbonyl (C=O) groups is 1. The topological polar surface area (TPSA) is 61.0 Å². The van der Waals surface area contributed by atoms with Crippen molar-refractivity contribution >= 4 is 17.2 Å². The molecule has 2 aromatic heterocycles. The van der Waals surface area contributed by atoms with Crippen molar-refractivity contribution in [1.82, 2.24) is 14.9 Å². The zero-order chi connectivity index (χ0) is 20.2. The van der Waals surface area contributed by atoms with Crippen LogP contribution in [0, 0.1) is 5.92 Å². The zero-order valence-corrected chi connectivity index (χ0v) is 16.9. The first-order chi connectivity index (χ1) is 14.1. The zero-order valence-electron chi connectivity index (χ0n) is 16.9. The third-order valence-electron chi connectivity index (χ3n) is 5.16. The number of Topliss-reactive ketones (excluding diaryl/α,β-unsaturated/α-hetero) is 1. The predicted molar refractivity (Wildman–Crippen MR) is 118 cm³/mol. The average Bonchev–Trinajstić information content (AvgIpc) is 3.08. The molecule has 2 N–H and O–H groups in total. The van der Waals surface area contributed by atoms with Crippen LogP contribution in [0.15, 0.2) is 67.0 Å². The molecule has 0 radical (unpaired) electrons. The summed E-state index contributed by atoms with van der Waals surface area (Å²) in [5.74, 6) is 0.407. The van der Waals surface area contributed by atoms with Gasteiger partial charge in [-0.1, -0.05) is 30.4 Å². The Kier molecular flexibility index (Phi) is 5.58. The monoisotopic (exact) mass is 386 g/mol. The number of fused-ring (bicyclic) bond motifs is 1. The van der Waals surface area contributed by atoms with E-state index in [1.165, 1.54) is 0 Å². The van der Waals surface area contributed by atoms with Crippen LogP contribution in [-0.2, 0) is 6.42 Å². The van der Waals surface area contributed by atoms with Gasteiger partial charge in [0.2, 0.25) is 0 Å². The first kappa shape index (κ1) is 19.2. The number of para-hydroxylation sites is 1. The highest BCUT2D eigenvalue weighted by Gasteiger charge is 2.30. The predicted octanol–water partition coefficient (Wildman–Crippen LogP) is 4.68. The largest absolute Gasteiger partial charge is 0.356 e. The number of nitrogens with zero attached hydrogens (tertiary/aromatic N) is 2. The standard InChI is InChI=1S/C24H26N4O/c1-28(2)14-6-7-17-15-20-22(21(29)16-17)24(26-19-8-4-3-5-9-19)23(27-20)18-10-12-25-13-11-18/h3-13,17,26-27H,14-16H2,1-2H3/b7-6-. The van der Waals surface area contributed by atoms with Crippen LogP contribution < -0.4 is 5.32 Å². The van der Waals surface area contributed by atoms with Gasteiger partial charge >= 0.3 is 0 Å². The molecule has 4 rings (SSSR count). The molecule has 0 fully saturated rings. The van der Waals surface area contributed by atoms with Crippen LogP contribution in [0.2, 0.25) is 0 Å². The van der Waals surface area contributed by atoms with Crippen molar-refractivity contribution < 1.29 is 4.79 Å². The normalized spacial score (nSPS) is 16.4. The Balaban J connectivity index is 1.72. The maximum atomic E-state index is 13.1. The van der Waals surface area contributed by atoms with E-state index < -0.39 is 0 Å². The number of hydrogen-bond acceptors (Lipinski definition) is 4. The first-order valence-corrected chi connectivity index (χ1v) is 9.93. The van der Waals surface area contributed by atoms with E-state index >= 15 is 0 Å². The fraction of sp³-hybridized carbons (Fsp3) is 0.250. The van der Waals surface area contributed by atoms with Gasteiger partial charge in [-0.3, -0.25) is 9.78 Å². The highest BCUT2D eigenvalue weighted by atomic mass is 16.1. The molecule has 0 saturated carbocycles. The van der Waals surface area contributed by atoms with E-state index in [1.54, 1.807) is 12.4 Å². The molecule has 29 heavy (non-hydrogen) atoms. The van der Waals surface area contributed by atoms with Gasteiger partial charge in [0.15, 0.2) is 5.78 Å². The summed E-state index contributed by atoms with van der Waals surface area (Å²) in [5.41, 5.74) is 5.57. The molecule has 0 saturated heterocycles. The lowest BCUT2D eigenvalue weighted by atomic mass is 9.86. The average molecular weight is 386 g/mol. The smallest absolute Gasteiger partial charge is 0.167 e. The number of rotatable bonds is 6. The van der Waals surface area contributed by atoms with Gasteiger partial charge in [-0.15, -0.1) is 0 Å². The van der Waals surface area contributed by atoms with E-state index in [9.17, 15) is 4.79 Å². The molecule has 0 bridgehead atoms. The number of carbonyl (C=O) groups excluding carboxylic acids is 1. The lowest BCUT2D eigenvalue weighted by Gasteiger charge is -2.19. The summed E-state index contributed by atoms with van der Waals surface area (Å²) in [4.78, 5) is 22.9. The van der Waals surface area contributed by atoms with E-state index in [0.29, 0.717) is 6.42 Å². The minimum atomic E-state index is 0.181. The Morgan fingerprint density at radius 3 is 2.62 bits per heavy atom. The number of pyridine rings is 1. The number of nitrogens with one attached hydrogen (secondary N) is 2.